The van der Waals surface area contributed by atoms with Crippen molar-refractivity contribution in [2.75, 3.05) is 5.32 Å². The number of hydrogen-bond acceptors (Lipinski definition) is 3. The van der Waals surface area contributed by atoms with Gasteiger partial charge in [-0.3, -0.25) is 9.59 Å². The number of nitrogens with one attached hydrogen (secondary N) is 1. The molecule has 5 heteroatoms. The van der Waals surface area contributed by atoms with E-state index in [9.17, 15) is 9.59 Å². The summed E-state index contributed by atoms with van der Waals surface area (Å²) < 4.78 is 0. The van der Waals surface area contributed by atoms with Crippen LogP contribution in [0.25, 0.3) is 0 Å². The second-order valence-corrected chi connectivity index (χ2v) is 6.42. The van der Waals surface area contributed by atoms with Crippen LogP contribution in [0.3, 0.4) is 0 Å². The molecule has 1 N–H and O–H groups in total. The Morgan fingerprint density at radius 1 is 1.00 bits per heavy atom. The van der Waals surface area contributed by atoms with Gasteiger partial charge >= 0.3 is 0 Å². The largest absolute Gasteiger partial charge is 0.350 e. The molecule has 0 heterocycles. The van der Waals surface area contributed by atoms with Crippen molar-refractivity contribution in [3.05, 3.63) is 74.9 Å². The number of fused-ring (bicyclic) bond motifs is 1. The minimum absolute atomic E-state index is 0.172. The average Bonchev–Trinajstić information content (AvgIpc) is 2.55. The van der Waals surface area contributed by atoms with Crippen LogP contribution in [0.2, 0.25) is 10.0 Å². The van der Waals surface area contributed by atoms with Crippen molar-refractivity contribution >= 4 is 40.5 Å². The Labute approximate surface area is 150 Å². The van der Waals surface area contributed by atoms with Crippen LogP contribution in [0.1, 0.15) is 39.6 Å². The van der Waals surface area contributed by atoms with E-state index in [4.69, 9.17) is 23.2 Å². The lowest BCUT2D eigenvalue weighted by Gasteiger charge is -2.18. The zero-order valence-electron chi connectivity index (χ0n) is 13.0. The van der Waals surface area contributed by atoms with Crippen molar-refractivity contribution in [3.63, 3.8) is 0 Å². The molecule has 0 radical (unpaired) electrons. The Balaban J connectivity index is 1.95. The first-order chi connectivity index (χ1) is 11.5. The number of carbonyl (C=O) groups is 2. The van der Waals surface area contributed by atoms with E-state index in [1.165, 1.54) is 6.08 Å². The molecule has 122 valence electrons. The van der Waals surface area contributed by atoms with Gasteiger partial charge < -0.3 is 5.32 Å². The topological polar surface area (TPSA) is 46.2 Å². The zero-order chi connectivity index (χ0) is 17.3. The van der Waals surface area contributed by atoms with Crippen molar-refractivity contribution in [1.29, 1.82) is 0 Å². The number of carbonyl (C=O) groups excluding carboxylic acids is 2. The van der Waals surface area contributed by atoms with E-state index in [0.717, 1.165) is 18.4 Å². The monoisotopic (exact) mass is 359 g/mol. The van der Waals surface area contributed by atoms with E-state index < -0.39 is 0 Å². The summed E-state index contributed by atoms with van der Waals surface area (Å²) >= 11 is 12.6. The number of benzene rings is 2. The lowest BCUT2D eigenvalue weighted by molar-refractivity contribution is 0.0985. The molecule has 0 spiro atoms. The summed E-state index contributed by atoms with van der Waals surface area (Å²) in [6.45, 7) is 2.07. The van der Waals surface area contributed by atoms with E-state index >= 15 is 0 Å². The predicted molar refractivity (Wildman–Crippen MR) is 97.3 cm³/mol. The summed E-state index contributed by atoms with van der Waals surface area (Å²) in [7, 11) is 0. The van der Waals surface area contributed by atoms with Gasteiger partial charge in [0.05, 0.1) is 21.4 Å². The van der Waals surface area contributed by atoms with Gasteiger partial charge in [-0.2, -0.15) is 0 Å². The Morgan fingerprint density at radius 2 is 1.62 bits per heavy atom. The highest BCUT2D eigenvalue weighted by molar-refractivity contribution is 6.39. The molecule has 0 aliphatic heterocycles. The van der Waals surface area contributed by atoms with Crippen LogP contribution in [-0.2, 0) is 6.42 Å². The Morgan fingerprint density at radius 3 is 2.25 bits per heavy atom. The van der Waals surface area contributed by atoms with Gasteiger partial charge in [0.2, 0.25) is 5.78 Å². The van der Waals surface area contributed by atoms with Gasteiger partial charge in [-0.05, 0) is 24.1 Å². The molecule has 0 saturated carbocycles. The molecule has 0 fully saturated rings. The molecule has 1 aliphatic carbocycles. The molecule has 2 aromatic rings. The van der Waals surface area contributed by atoms with Crippen LogP contribution in [0.5, 0.6) is 0 Å². The Kier molecular flexibility index (Phi) is 4.74. The standard InChI is InChI=1S/C19H15Cl2NO2/c1-2-5-11-8-14(20)18(15(21)9-11)22-16-10-17(23)12-6-3-4-7-13(12)19(16)24/h3-4,6-10,22H,2,5H2,1H3. The molecule has 0 amide bonds. The fraction of sp³-hybridized carbons (Fsp3) is 0.158. The van der Waals surface area contributed by atoms with Crippen LogP contribution >= 0.6 is 23.2 Å². The van der Waals surface area contributed by atoms with Gasteiger partial charge in [-0.25, -0.2) is 0 Å². The van der Waals surface area contributed by atoms with Crippen LogP contribution in [0, 0.1) is 0 Å². The van der Waals surface area contributed by atoms with E-state index in [2.05, 4.69) is 12.2 Å². The number of hydrogen-bond donors (Lipinski definition) is 1. The molecule has 0 aromatic heterocycles. The molecule has 0 saturated heterocycles. The third kappa shape index (κ3) is 3.10. The minimum atomic E-state index is -0.255. The molecule has 3 nitrogen and oxygen atoms in total. The lowest BCUT2D eigenvalue weighted by atomic mass is 9.92. The summed E-state index contributed by atoms with van der Waals surface area (Å²) in [5.41, 5.74) is 2.42. The highest BCUT2D eigenvalue weighted by atomic mass is 35.5. The number of halogens is 2. The molecule has 0 unspecified atom stereocenters. The van der Waals surface area contributed by atoms with E-state index in [1.807, 2.05) is 12.1 Å². The van der Waals surface area contributed by atoms with Gasteiger partial charge in [-0.15, -0.1) is 0 Å². The molecular formula is C19H15Cl2NO2. The summed E-state index contributed by atoms with van der Waals surface area (Å²) in [5, 5.41) is 3.78. The molecule has 2 aromatic carbocycles. The summed E-state index contributed by atoms with van der Waals surface area (Å²) in [6.07, 6.45) is 3.14. The van der Waals surface area contributed by atoms with Crippen LogP contribution in [-0.4, -0.2) is 11.6 Å². The number of ketones is 2. The predicted octanol–water partition coefficient (Wildman–Crippen LogP) is 5.32. The highest BCUT2D eigenvalue weighted by Crippen LogP contribution is 2.34. The van der Waals surface area contributed by atoms with Crippen molar-refractivity contribution in [1.82, 2.24) is 0 Å². The normalized spacial score (nSPS) is 13.5. The fourth-order valence-electron chi connectivity index (χ4n) is 2.72. The molecule has 0 bridgehead atoms. The number of rotatable bonds is 4. The molecule has 1 aliphatic rings. The maximum Gasteiger partial charge on any atom is 0.210 e. The quantitative estimate of drug-likeness (QED) is 0.803. The fourth-order valence-corrected chi connectivity index (χ4v) is 3.35. The Bertz CT molecular complexity index is 848. The van der Waals surface area contributed by atoms with E-state index in [0.29, 0.717) is 26.9 Å². The van der Waals surface area contributed by atoms with Gasteiger partial charge in [0.25, 0.3) is 0 Å². The smallest absolute Gasteiger partial charge is 0.210 e. The summed E-state index contributed by atoms with van der Waals surface area (Å²) in [6, 6.07) is 10.4. The maximum absolute atomic E-state index is 12.6. The third-order valence-corrected chi connectivity index (χ3v) is 4.45. The number of anilines is 1. The van der Waals surface area contributed by atoms with Crippen LogP contribution in [0.15, 0.2) is 48.2 Å². The summed E-state index contributed by atoms with van der Waals surface area (Å²) in [4.78, 5) is 24.8. The molecule has 0 atom stereocenters. The van der Waals surface area contributed by atoms with Gasteiger partial charge in [0.1, 0.15) is 0 Å². The van der Waals surface area contributed by atoms with Crippen molar-refractivity contribution in [3.8, 4) is 0 Å². The molecule has 24 heavy (non-hydrogen) atoms. The number of allylic oxidation sites excluding steroid dienone is 2. The van der Waals surface area contributed by atoms with E-state index in [-0.39, 0.29) is 17.3 Å². The van der Waals surface area contributed by atoms with Crippen LogP contribution < -0.4 is 5.32 Å². The van der Waals surface area contributed by atoms with Crippen molar-refractivity contribution < 1.29 is 9.59 Å². The second kappa shape index (κ2) is 6.80. The van der Waals surface area contributed by atoms with Gasteiger partial charge in [0, 0.05) is 17.2 Å². The second-order valence-electron chi connectivity index (χ2n) is 5.61. The highest BCUT2D eigenvalue weighted by Gasteiger charge is 2.26. The zero-order valence-corrected chi connectivity index (χ0v) is 14.5. The first-order valence-electron chi connectivity index (χ1n) is 7.66. The average molecular weight is 360 g/mol. The van der Waals surface area contributed by atoms with Crippen molar-refractivity contribution in [2.45, 2.75) is 19.8 Å². The Hall–Kier alpha value is -2.10. The third-order valence-electron chi connectivity index (χ3n) is 3.86. The van der Waals surface area contributed by atoms with Crippen molar-refractivity contribution in [2.24, 2.45) is 0 Å². The number of Topliss-reactive ketones (excluding diaryl/α,β-unsaturated/α-hetero) is 1. The minimum Gasteiger partial charge on any atom is -0.350 e. The first-order valence-corrected chi connectivity index (χ1v) is 8.41. The molecule has 3 rings (SSSR count). The van der Waals surface area contributed by atoms with Gasteiger partial charge in [0.15, 0.2) is 5.78 Å². The molecular weight excluding hydrogens is 345 g/mol. The maximum atomic E-state index is 12.6. The lowest BCUT2D eigenvalue weighted by Crippen LogP contribution is -2.21. The first kappa shape index (κ1) is 16.7. The summed E-state index contributed by atoms with van der Waals surface area (Å²) in [5.74, 6) is -0.475. The number of aryl methyl sites for hydroxylation is 1. The van der Waals surface area contributed by atoms with Crippen LogP contribution in [0.4, 0.5) is 5.69 Å². The van der Waals surface area contributed by atoms with Gasteiger partial charge in [-0.1, -0.05) is 60.8 Å². The van der Waals surface area contributed by atoms with E-state index in [1.54, 1.807) is 24.3 Å². The SMILES string of the molecule is CCCc1cc(Cl)c(NC2=CC(=O)c3ccccc3C2=O)c(Cl)c1.